The fraction of sp³-hybridized carbons (Fsp3) is 0.250. The van der Waals surface area contributed by atoms with Crippen molar-refractivity contribution in [3.63, 3.8) is 0 Å². The average molecular weight is 233 g/mol. The second-order valence-corrected chi connectivity index (χ2v) is 3.89. The van der Waals surface area contributed by atoms with Gasteiger partial charge < -0.3 is 10.1 Å². The van der Waals surface area contributed by atoms with Crippen LogP contribution in [-0.4, -0.2) is 23.9 Å². The highest BCUT2D eigenvalue weighted by Crippen LogP contribution is 2.09. The highest BCUT2D eigenvalue weighted by molar-refractivity contribution is 6.02. The lowest BCUT2D eigenvalue weighted by Gasteiger charge is -2.07. The number of rotatable bonds is 2. The van der Waals surface area contributed by atoms with Gasteiger partial charge >= 0.3 is 11.9 Å². The van der Waals surface area contributed by atoms with Gasteiger partial charge in [0, 0.05) is 5.56 Å². The molecule has 88 valence electrons. The minimum atomic E-state index is -0.865. The zero-order valence-electron chi connectivity index (χ0n) is 9.23. The zero-order valence-corrected chi connectivity index (χ0v) is 9.23. The van der Waals surface area contributed by atoms with Crippen molar-refractivity contribution in [2.24, 2.45) is 0 Å². The number of carbonyl (C=O) groups excluding carboxylic acids is 3. The van der Waals surface area contributed by atoms with Crippen molar-refractivity contribution in [1.29, 1.82) is 0 Å². The molecule has 0 bridgehead atoms. The first-order valence-corrected chi connectivity index (χ1v) is 5.18. The van der Waals surface area contributed by atoms with E-state index >= 15 is 0 Å². The molecule has 0 saturated carbocycles. The predicted molar refractivity (Wildman–Crippen MR) is 58.1 cm³/mol. The summed E-state index contributed by atoms with van der Waals surface area (Å²) in [7, 11) is 0. The lowest BCUT2D eigenvalue weighted by molar-refractivity contribution is -0.152. The topological polar surface area (TPSA) is 72.5 Å². The van der Waals surface area contributed by atoms with Gasteiger partial charge in [0.1, 0.15) is 6.04 Å². The Hall–Kier alpha value is -2.17. The van der Waals surface area contributed by atoms with E-state index in [1.165, 1.54) is 0 Å². The van der Waals surface area contributed by atoms with E-state index in [0.717, 1.165) is 5.56 Å². The minimum Gasteiger partial charge on any atom is -0.392 e. The Morgan fingerprint density at radius 2 is 1.94 bits per heavy atom. The molecule has 1 unspecified atom stereocenters. The summed E-state index contributed by atoms with van der Waals surface area (Å²) < 4.78 is 4.34. The molecule has 0 aliphatic carbocycles. The van der Waals surface area contributed by atoms with Crippen molar-refractivity contribution in [3.05, 3.63) is 35.4 Å². The normalized spacial score (nSPS) is 19.0. The summed E-state index contributed by atoms with van der Waals surface area (Å²) in [5, 5.41) is 2.46. The quantitative estimate of drug-likeness (QED) is 0.598. The number of benzene rings is 1. The molecule has 1 atom stereocenters. The first kappa shape index (κ1) is 11.3. The molecule has 1 aliphatic rings. The van der Waals surface area contributed by atoms with Crippen LogP contribution >= 0.6 is 0 Å². The van der Waals surface area contributed by atoms with Gasteiger partial charge in [0.05, 0.1) is 6.42 Å². The molecule has 1 saturated heterocycles. The lowest BCUT2D eigenvalue weighted by atomic mass is 10.1. The molecule has 5 heteroatoms. The van der Waals surface area contributed by atoms with Crippen LogP contribution in [0, 0.1) is 6.92 Å². The van der Waals surface area contributed by atoms with Crippen LogP contribution in [0.15, 0.2) is 24.3 Å². The fourth-order valence-electron chi connectivity index (χ4n) is 1.53. The van der Waals surface area contributed by atoms with E-state index in [-0.39, 0.29) is 12.3 Å². The van der Waals surface area contributed by atoms with Crippen molar-refractivity contribution in [2.45, 2.75) is 19.4 Å². The van der Waals surface area contributed by atoms with Gasteiger partial charge in [-0.1, -0.05) is 17.7 Å². The van der Waals surface area contributed by atoms with Gasteiger partial charge in [0.15, 0.2) is 0 Å². The minimum absolute atomic E-state index is 0.101. The first-order valence-electron chi connectivity index (χ1n) is 5.18. The molecule has 17 heavy (non-hydrogen) atoms. The molecular formula is C12H11NO4. The standard InChI is InChI=1S/C12H11NO4/c1-7-2-4-8(5-3-7)11(15)13-9-6-10(14)17-12(9)16/h2-5,9H,6H2,1H3,(H,13,15). The van der Waals surface area contributed by atoms with Crippen LogP contribution in [0.3, 0.4) is 0 Å². The lowest BCUT2D eigenvalue weighted by Crippen LogP contribution is -2.37. The van der Waals surface area contributed by atoms with Crippen molar-refractivity contribution < 1.29 is 19.1 Å². The van der Waals surface area contributed by atoms with Gasteiger partial charge in [-0.05, 0) is 19.1 Å². The molecule has 1 N–H and O–H groups in total. The summed E-state index contributed by atoms with van der Waals surface area (Å²) in [5.41, 5.74) is 1.49. The van der Waals surface area contributed by atoms with Gasteiger partial charge in [0.2, 0.25) is 0 Å². The third-order valence-electron chi connectivity index (χ3n) is 2.49. The number of carbonyl (C=O) groups is 3. The Bertz CT molecular complexity index is 478. The van der Waals surface area contributed by atoms with Gasteiger partial charge in [-0.15, -0.1) is 0 Å². The number of hydrogen-bond donors (Lipinski definition) is 1. The van der Waals surface area contributed by atoms with E-state index in [2.05, 4.69) is 10.1 Å². The smallest absolute Gasteiger partial charge is 0.336 e. The highest BCUT2D eigenvalue weighted by Gasteiger charge is 2.34. The fourth-order valence-corrected chi connectivity index (χ4v) is 1.53. The SMILES string of the molecule is Cc1ccc(C(=O)NC2CC(=O)OC2=O)cc1. The van der Waals surface area contributed by atoms with Crippen LogP contribution in [0.2, 0.25) is 0 Å². The third kappa shape index (κ3) is 2.50. The Kier molecular flexibility index (Phi) is 2.91. The number of aryl methyl sites for hydroxylation is 1. The number of esters is 2. The zero-order chi connectivity index (χ0) is 12.4. The average Bonchev–Trinajstić information content (AvgIpc) is 2.58. The molecule has 0 aromatic heterocycles. The Morgan fingerprint density at radius 1 is 1.29 bits per heavy atom. The van der Waals surface area contributed by atoms with E-state index in [1.54, 1.807) is 24.3 Å². The molecule has 2 rings (SSSR count). The molecule has 1 fully saturated rings. The molecule has 0 radical (unpaired) electrons. The largest absolute Gasteiger partial charge is 0.392 e. The monoisotopic (exact) mass is 233 g/mol. The van der Waals surface area contributed by atoms with E-state index in [4.69, 9.17) is 0 Å². The molecule has 0 spiro atoms. The van der Waals surface area contributed by atoms with E-state index in [9.17, 15) is 14.4 Å². The summed E-state index contributed by atoms with van der Waals surface area (Å²) in [5.74, 6) is -1.69. The van der Waals surface area contributed by atoms with Crippen molar-refractivity contribution in [1.82, 2.24) is 5.32 Å². The molecule has 1 aromatic rings. The van der Waals surface area contributed by atoms with Gasteiger partial charge in [-0.3, -0.25) is 9.59 Å². The molecule has 5 nitrogen and oxygen atoms in total. The summed E-state index contributed by atoms with van der Waals surface area (Å²) in [4.78, 5) is 33.7. The van der Waals surface area contributed by atoms with Crippen LogP contribution in [0.1, 0.15) is 22.3 Å². The van der Waals surface area contributed by atoms with E-state index < -0.39 is 18.0 Å². The predicted octanol–water partition coefficient (Wildman–Crippen LogP) is 0.567. The highest BCUT2D eigenvalue weighted by atomic mass is 16.6. The summed E-state index contributed by atoms with van der Waals surface area (Å²) in [6.45, 7) is 1.91. The molecule has 1 aromatic carbocycles. The van der Waals surface area contributed by atoms with Crippen LogP contribution in [0.4, 0.5) is 0 Å². The molecule has 1 amide bonds. The van der Waals surface area contributed by atoms with E-state index in [0.29, 0.717) is 5.56 Å². The first-order chi connectivity index (χ1) is 8.06. The maximum atomic E-state index is 11.7. The second-order valence-electron chi connectivity index (χ2n) is 3.89. The summed E-state index contributed by atoms with van der Waals surface area (Å²) in [6.07, 6.45) is -0.101. The second kappa shape index (κ2) is 4.37. The van der Waals surface area contributed by atoms with Gasteiger partial charge in [-0.2, -0.15) is 0 Å². The van der Waals surface area contributed by atoms with Crippen LogP contribution in [0.25, 0.3) is 0 Å². The number of cyclic esters (lactones) is 2. The maximum absolute atomic E-state index is 11.7. The maximum Gasteiger partial charge on any atom is 0.336 e. The van der Waals surface area contributed by atoms with Gasteiger partial charge in [0.25, 0.3) is 5.91 Å². The molecular weight excluding hydrogens is 222 g/mol. The number of hydrogen-bond acceptors (Lipinski definition) is 4. The Balaban J connectivity index is 2.04. The third-order valence-corrected chi connectivity index (χ3v) is 2.49. The van der Waals surface area contributed by atoms with E-state index in [1.807, 2.05) is 6.92 Å². The van der Waals surface area contributed by atoms with Crippen LogP contribution in [-0.2, 0) is 14.3 Å². The Labute approximate surface area is 97.8 Å². The van der Waals surface area contributed by atoms with Crippen LogP contribution in [0.5, 0.6) is 0 Å². The van der Waals surface area contributed by atoms with Gasteiger partial charge in [-0.25, -0.2) is 4.79 Å². The van der Waals surface area contributed by atoms with Crippen molar-refractivity contribution in [3.8, 4) is 0 Å². The summed E-state index contributed by atoms with van der Waals surface area (Å²) in [6, 6.07) is 6.05. The number of ether oxygens (including phenoxy) is 1. The Morgan fingerprint density at radius 3 is 2.47 bits per heavy atom. The number of nitrogens with one attached hydrogen (secondary N) is 1. The van der Waals surface area contributed by atoms with Crippen molar-refractivity contribution in [2.75, 3.05) is 0 Å². The number of amides is 1. The van der Waals surface area contributed by atoms with Crippen molar-refractivity contribution >= 4 is 17.8 Å². The van der Waals surface area contributed by atoms with Crippen LogP contribution < -0.4 is 5.32 Å². The molecule has 1 aliphatic heterocycles. The summed E-state index contributed by atoms with van der Waals surface area (Å²) >= 11 is 0. The molecule has 1 heterocycles.